The molecule has 1 heterocycles. The van der Waals surface area contributed by atoms with Crippen molar-refractivity contribution in [1.82, 2.24) is 19.8 Å². The fourth-order valence-electron chi connectivity index (χ4n) is 2.27. The first-order valence-electron chi connectivity index (χ1n) is 6.91. The lowest BCUT2D eigenvalue weighted by atomic mass is 10.0. The van der Waals surface area contributed by atoms with E-state index in [1.807, 2.05) is 0 Å². The van der Waals surface area contributed by atoms with E-state index >= 15 is 0 Å². The van der Waals surface area contributed by atoms with Crippen LogP contribution in [0.4, 0.5) is 4.39 Å². The predicted molar refractivity (Wildman–Crippen MR) is 81.3 cm³/mol. The molecule has 0 bridgehead atoms. The molecule has 0 aliphatic carbocycles. The summed E-state index contributed by atoms with van der Waals surface area (Å²) in [5.74, 6) is -0.580. The van der Waals surface area contributed by atoms with Gasteiger partial charge in [0.15, 0.2) is 0 Å². The minimum atomic E-state index is -0.678. The maximum Gasteiger partial charge on any atom is 0.244 e. The maximum atomic E-state index is 14.0. The SMILES string of the molecule is CN(Cc1cnccn1)C(=O)C(c1ccccc1F)N(C)C. The maximum absolute atomic E-state index is 14.0. The van der Waals surface area contributed by atoms with E-state index < -0.39 is 6.04 Å². The van der Waals surface area contributed by atoms with E-state index in [9.17, 15) is 9.18 Å². The van der Waals surface area contributed by atoms with Gasteiger partial charge in [-0.2, -0.15) is 0 Å². The predicted octanol–water partition coefficient (Wildman–Crippen LogP) is 1.88. The lowest BCUT2D eigenvalue weighted by Crippen LogP contribution is -2.38. The van der Waals surface area contributed by atoms with Crippen molar-refractivity contribution in [2.24, 2.45) is 0 Å². The average molecular weight is 302 g/mol. The second-order valence-corrected chi connectivity index (χ2v) is 5.28. The molecule has 1 aromatic carbocycles. The molecule has 0 fully saturated rings. The Labute approximate surface area is 129 Å². The lowest BCUT2D eigenvalue weighted by Gasteiger charge is -2.28. The number of halogens is 1. The smallest absolute Gasteiger partial charge is 0.244 e. The van der Waals surface area contributed by atoms with Crippen LogP contribution in [0.5, 0.6) is 0 Å². The van der Waals surface area contributed by atoms with E-state index in [0.29, 0.717) is 17.8 Å². The molecule has 2 rings (SSSR count). The molecule has 1 aromatic heterocycles. The summed E-state index contributed by atoms with van der Waals surface area (Å²) in [6.45, 7) is 0.325. The van der Waals surface area contributed by atoms with Gasteiger partial charge in [0.2, 0.25) is 5.91 Å². The first-order chi connectivity index (χ1) is 10.5. The second kappa shape index (κ2) is 7.09. The molecule has 0 spiro atoms. The Morgan fingerprint density at radius 2 is 1.95 bits per heavy atom. The van der Waals surface area contributed by atoms with Gasteiger partial charge in [-0.1, -0.05) is 18.2 Å². The topological polar surface area (TPSA) is 49.3 Å². The molecule has 22 heavy (non-hydrogen) atoms. The molecule has 0 aliphatic heterocycles. The number of nitrogens with zero attached hydrogens (tertiary/aromatic N) is 4. The van der Waals surface area contributed by atoms with Gasteiger partial charge in [0.25, 0.3) is 0 Å². The standard InChI is InChI=1S/C16H19FN4O/c1-20(2)15(13-6-4-5-7-14(13)17)16(22)21(3)11-12-10-18-8-9-19-12/h4-10,15H,11H2,1-3H3. The molecule has 1 amide bonds. The Morgan fingerprint density at radius 3 is 2.55 bits per heavy atom. The van der Waals surface area contributed by atoms with Gasteiger partial charge in [-0.25, -0.2) is 4.39 Å². The van der Waals surface area contributed by atoms with E-state index in [0.717, 1.165) is 0 Å². The van der Waals surface area contributed by atoms with Crippen LogP contribution in [-0.2, 0) is 11.3 Å². The minimum absolute atomic E-state index is 0.194. The van der Waals surface area contributed by atoms with E-state index in [4.69, 9.17) is 0 Å². The summed E-state index contributed by atoms with van der Waals surface area (Å²) in [4.78, 5) is 24.1. The molecule has 1 atom stereocenters. The van der Waals surface area contributed by atoms with Crippen molar-refractivity contribution in [3.05, 3.63) is 59.9 Å². The minimum Gasteiger partial charge on any atom is -0.338 e. The monoisotopic (exact) mass is 302 g/mol. The summed E-state index contributed by atoms with van der Waals surface area (Å²) in [5.41, 5.74) is 1.05. The van der Waals surface area contributed by atoms with Gasteiger partial charge in [-0.15, -0.1) is 0 Å². The molecular weight excluding hydrogens is 283 g/mol. The van der Waals surface area contributed by atoms with Crippen molar-refractivity contribution in [3.63, 3.8) is 0 Å². The summed E-state index contributed by atoms with van der Waals surface area (Å²) < 4.78 is 14.0. The van der Waals surface area contributed by atoms with Crippen LogP contribution in [0.25, 0.3) is 0 Å². The third-order valence-electron chi connectivity index (χ3n) is 3.34. The average Bonchev–Trinajstić information content (AvgIpc) is 2.50. The van der Waals surface area contributed by atoms with Gasteiger partial charge in [0.05, 0.1) is 18.4 Å². The van der Waals surface area contributed by atoms with E-state index in [2.05, 4.69) is 9.97 Å². The van der Waals surface area contributed by atoms with Crippen LogP contribution in [-0.4, -0.2) is 46.8 Å². The Kier molecular flexibility index (Phi) is 5.16. The number of rotatable bonds is 5. The van der Waals surface area contributed by atoms with Crippen LogP contribution in [0.3, 0.4) is 0 Å². The molecule has 0 radical (unpaired) electrons. The van der Waals surface area contributed by atoms with Crippen LogP contribution in [0.1, 0.15) is 17.3 Å². The highest BCUT2D eigenvalue weighted by Gasteiger charge is 2.28. The summed E-state index contributed by atoms with van der Waals surface area (Å²) in [6, 6.07) is 5.66. The molecular formula is C16H19FN4O. The zero-order chi connectivity index (χ0) is 16.1. The highest BCUT2D eigenvalue weighted by molar-refractivity contribution is 5.83. The highest BCUT2D eigenvalue weighted by atomic mass is 19.1. The van der Waals surface area contributed by atoms with Crippen LogP contribution in [0.2, 0.25) is 0 Å². The van der Waals surface area contributed by atoms with Crippen molar-refractivity contribution in [3.8, 4) is 0 Å². The van der Waals surface area contributed by atoms with Gasteiger partial charge in [0.1, 0.15) is 11.9 Å². The third kappa shape index (κ3) is 3.65. The fourth-order valence-corrected chi connectivity index (χ4v) is 2.27. The number of hydrogen-bond donors (Lipinski definition) is 0. The first-order valence-corrected chi connectivity index (χ1v) is 6.91. The van der Waals surface area contributed by atoms with Crippen LogP contribution in [0.15, 0.2) is 42.9 Å². The zero-order valence-electron chi connectivity index (χ0n) is 12.9. The van der Waals surface area contributed by atoms with E-state index in [1.54, 1.807) is 62.8 Å². The Hall–Kier alpha value is -2.34. The quantitative estimate of drug-likeness (QED) is 0.846. The molecule has 0 N–H and O–H groups in total. The number of aromatic nitrogens is 2. The summed E-state index contributed by atoms with van der Waals surface area (Å²) in [7, 11) is 5.19. The molecule has 0 saturated carbocycles. The summed E-state index contributed by atoms with van der Waals surface area (Å²) in [6.07, 6.45) is 4.76. The normalized spacial score (nSPS) is 12.2. The number of carbonyl (C=O) groups is 1. The molecule has 2 aromatic rings. The highest BCUT2D eigenvalue weighted by Crippen LogP contribution is 2.23. The van der Waals surface area contributed by atoms with Crippen LogP contribution < -0.4 is 0 Å². The van der Waals surface area contributed by atoms with Gasteiger partial charge < -0.3 is 4.90 Å². The fraction of sp³-hybridized carbons (Fsp3) is 0.312. The molecule has 6 heteroatoms. The molecule has 0 aliphatic rings. The summed E-state index contributed by atoms with van der Waals surface area (Å²) in [5, 5.41) is 0. The third-order valence-corrected chi connectivity index (χ3v) is 3.34. The van der Waals surface area contributed by atoms with Crippen molar-refractivity contribution in [2.45, 2.75) is 12.6 Å². The Balaban J connectivity index is 2.22. The van der Waals surface area contributed by atoms with Gasteiger partial charge in [0, 0.05) is 25.0 Å². The van der Waals surface area contributed by atoms with Gasteiger partial charge >= 0.3 is 0 Å². The van der Waals surface area contributed by atoms with Crippen molar-refractivity contribution in [2.75, 3.05) is 21.1 Å². The van der Waals surface area contributed by atoms with Crippen molar-refractivity contribution < 1.29 is 9.18 Å². The number of likely N-dealkylation sites (N-methyl/N-ethyl adjacent to an activating group) is 2. The zero-order valence-corrected chi connectivity index (χ0v) is 12.9. The number of benzene rings is 1. The first kappa shape index (κ1) is 16.0. The van der Waals surface area contributed by atoms with Gasteiger partial charge in [-0.3, -0.25) is 19.7 Å². The molecule has 1 unspecified atom stereocenters. The largest absolute Gasteiger partial charge is 0.338 e. The number of amides is 1. The lowest BCUT2D eigenvalue weighted by molar-refractivity contribution is -0.135. The van der Waals surface area contributed by atoms with E-state index in [1.165, 1.54) is 11.0 Å². The Morgan fingerprint density at radius 1 is 1.23 bits per heavy atom. The van der Waals surface area contributed by atoms with Crippen LogP contribution in [0, 0.1) is 5.82 Å². The molecule has 116 valence electrons. The second-order valence-electron chi connectivity index (χ2n) is 5.28. The summed E-state index contributed by atoms with van der Waals surface area (Å²) >= 11 is 0. The number of hydrogen-bond acceptors (Lipinski definition) is 4. The van der Waals surface area contributed by atoms with Crippen molar-refractivity contribution >= 4 is 5.91 Å². The van der Waals surface area contributed by atoms with Crippen LogP contribution >= 0.6 is 0 Å². The van der Waals surface area contributed by atoms with E-state index in [-0.39, 0.29) is 11.7 Å². The Bertz CT molecular complexity index is 633. The number of carbonyl (C=O) groups excluding carboxylic acids is 1. The van der Waals surface area contributed by atoms with Crippen molar-refractivity contribution in [1.29, 1.82) is 0 Å². The molecule has 5 nitrogen and oxygen atoms in total. The molecule has 0 saturated heterocycles. The van der Waals surface area contributed by atoms with Gasteiger partial charge in [-0.05, 0) is 20.2 Å².